The lowest BCUT2D eigenvalue weighted by atomic mass is 10.2. The molecule has 1 saturated carbocycles. The maximum Gasteiger partial charge on any atom is 0.229 e. The Bertz CT molecular complexity index is 425. The number of amides is 1. The minimum Gasteiger partial charge on any atom is -0.296 e. The number of carbonyl (C=O) groups is 1. The molecule has 0 radical (unpaired) electrons. The first-order valence-corrected chi connectivity index (χ1v) is 6.79. The SMILES string of the molecule is O=C1CC(S)CN1c1ccnn1C1CCCC1. The Kier molecular flexibility index (Phi) is 2.86. The number of carbonyl (C=O) groups excluding carboxylic acids is 1. The second-order valence-corrected chi connectivity index (χ2v) is 5.66. The topological polar surface area (TPSA) is 38.1 Å². The van der Waals surface area contributed by atoms with E-state index in [9.17, 15) is 4.79 Å². The maximum absolute atomic E-state index is 11.9. The van der Waals surface area contributed by atoms with E-state index in [0.29, 0.717) is 19.0 Å². The van der Waals surface area contributed by atoms with Crippen LogP contribution in [0.3, 0.4) is 0 Å². The molecule has 0 aromatic carbocycles. The van der Waals surface area contributed by atoms with E-state index >= 15 is 0 Å². The van der Waals surface area contributed by atoms with Gasteiger partial charge in [-0.05, 0) is 12.8 Å². The first-order chi connectivity index (χ1) is 8.25. The van der Waals surface area contributed by atoms with Gasteiger partial charge in [0.15, 0.2) is 0 Å². The molecule has 1 saturated heterocycles. The molecule has 1 aliphatic carbocycles. The van der Waals surface area contributed by atoms with E-state index in [4.69, 9.17) is 0 Å². The molecule has 1 aliphatic heterocycles. The Hall–Kier alpha value is -0.970. The van der Waals surface area contributed by atoms with Crippen molar-refractivity contribution in [3.8, 4) is 0 Å². The van der Waals surface area contributed by atoms with Gasteiger partial charge in [0.25, 0.3) is 0 Å². The van der Waals surface area contributed by atoms with Gasteiger partial charge in [-0.3, -0.25) is 9.69 Å². The standard InChI is InChI=1S/C12H17N3OS/c16-12-7-10(17)8-14(12)11-5-6-13-15(11)9-3-1-2-4-9/h5-6,9-10,17H,1-4,7-8H2. The third kappa shape index (κ3) is 1.97. The van der Waals surface area contributed by atoms with Gasteiger partial charge in [-0.2, -0.15) is 17.7 Å². The molecule has 2 fully saturated rings. The van der Waals surface area contributed by atoms with Crippen LogP contribution < -0.4 is 4.90 Å². The number of anilines is 1. The number of hydrogen-bond donors (Lipinski definition) is 1. The summed E-state index contributed by atoms with van der Waals surface area (Å²) in [4.78, 5) is 13.7. The molecule has 2 heterocycles. The number of rotatable bonds is 2. The Labute approximate surface area is 106 Å². The monoisotopic (exact) mass is 251 g/mol. The van der Waals surface area contributed by atoms with Crippen LogP contribution in [0.4, 0.5) is 5.82 Å². The van der Waals surface area contributed by atoms with Crippen LogP contribution in [0, 0.1) is 0 Å². The smallest absolute Gasteiger partial charge is 0.229 e. The van der Waals surface area contributed by atoms with E-state index in [1.165, 1.54) is 25.7 Å². The molecular weight excluding hydrogens is 234 g/mol. The van der Waals surface area contributed by atoms with Crippen molar-refractivity contribution in [2.45, 2.75) is 43.4 Å². The van der Waals surface area contributed by atoms with Gasteiger partial charge < -0.3 is 0 Å². The van der Waals surface area contributed by atoms with E-state index in [2.05, 4.69) is 17.7 Å². The molecule has 92 valence electrons. The summed E-state index contributed by atoms with van der Waals surface area (Å²) in [5, 5.41) is 4.56. The Morgan fingerprint density at radius 3 is 2.76 bits per heavy atom. The molecule has 2 aliphatic rings. The maximum atomic E-state index is 11.9. The van der Waals surface area contributed by atoms with Crippen LogP contribution in [0.2, 0.25) is 0 Å². The summed E-state index contributed by atoms with van der Waals surface area (Å²) in [5.74, 6) is 1.13. The first-order valence-electron chi connectivity index (χ1n) is 6.27. The predicted molar refractivity (Wildman–Crippen MR) is 69.5 cm³/mol. The molecule has 0 bridgehead atoms. The minimum atomic E-state index is 0.162. The first kappa shape index (κ1) is 11.1. The van der Waals surface area contributed by atoms with Crippen molar-refractivity contribution in [3.05, 3.63) is 12.3 Å². The van der Waals surface area contributed by atoms with E-state index in [1.807, 2.05) is 15.6 Å². The summed E-state index contributed by atoms with van der Waals surface area (Å²) < 4.78 is 2.04. The van der Waals surface area contributed by atoms with Gasteiger partial charge in [-0.15, -0.1) is 0 Å². The lowest BCUT2D eigenvalue weighted by molar-refractivity contribution is -0.117. The Morgan fingerprint density at radius 1 is 1.35 bits per heavy atom. The third-order valence-corrected chi connectivity index (χ3v) is 4.05. The third-order valence-electron chi connectivity index (χ3n) is 3.70. The Balaban J connectivity index is 1.88. The zero-order chi connectivity index (χ0) is 11.8. The van der Waals surface area contributed by atoms with Crippen molar-refractivity contribution in [2.75, 3.05) is 11.4 Å². The van der Waals surface area contributed by atoms with Crippen molar-refractivity contribution in [2.24, 2.45) is 0 Å². The van der Waals surface area contributed by atoms with Crippen LogP contribution >= 0.6 is 12.6 Å². The van der Waals surface area contributed by atoms with Crippen molar-refractivity contribution >= 4 is 24.4 Å². The average Bonchev–Trinajstić information content (AvgIpc) is 2.97. The van der Waals surface area contributed by atoms with Crippen LogP contribution in [0.25, 0.3) is 0 Å². The summed E-state index contributed by atoms with van der Waals surface area (Å²) in [5.41, 5.74) is 0. The van der Waals surface area contributed by atoms with Crippen LogP contribution in [-0.2, 0) is 4.79 Å². The van der Waals surface area contributed by atoms with Crippen molar-refractivity contribution < 1.29 is 4.79 Å². The van der Waals surface area contributed by atoms with Crippen LogP contribution in [-0.4, -0.2) is 27.5 Å². The fourth-order valence-electron chi connectivity index (χ4n) is 2.86. The van der Waals surface area contributed by atoms with Gasteiger partial charge in [-0.25, -0.2) is 4.68 Å². The van der Waals surface area contributed by atoms with Gasteiger partial charge in [0.05, 0.1) is 12.2 Å². The highest BCUT2D eigenvalue weighted by atomic mass is 32.1. The molecule has 0 spiro atoms. The molecule has 17 heavy (non-hydrogen) atoms. The van der Waals surface area contributed by atoms with Gasteiger partial charge >= 0.3 is 0 Å². The number of nitrogens with zero attached hydrogens (tertiary/aromatic N) is 3. The lowest BCUT2D eigenvalue weighted by Crippen LogP contribution is -2.28. The summed E-state index contributed by atoms with van der Waals surface area (Å²) >= 11 is 4.39. The predicted octanol–water partition coefficient (Wildman–Crippen LogP) is 2.03. The molecule has 1 aromatic heterocycles. The normalized spacial score (nSPS) is 26.1. The summed E-state index contributed by atoms with van der Waals surface area (Å²) in [6.45, 7) is 0.709. The quantitative estimate of drug-likeness (QED) is 0.817. The molecule has 1 atom stereocenters. The summed E-state index contributed by atoms with van der Waals surface area (Å²) in [7, 11) is 0. The number of aromatic nitrogens is 2. The van der Waals surface area contributed by atoms with Crippen LogP contribution in [0.5, 0.6) is 0 Å². The summed E-state index contributed by atoms with van der Waals surface area (Å²) in [6, 6.07) is 2.42. The molecule has 5 heteroatoms. The molecule has 0 N–H and O–H groups in total. The van der Waals surface area contributed by atoms with E-state index in [0.717, 1.165) is 5.82 Å². The van der Waals surface area contributed by atoms with Gasteiger partial charge in [-0.1, -0.05) is 12.8 Å². The zero-order valence-electron chi connectivity index (χ0n) is 9.75. The fraction of sp³-hybridized carbons (Fsp3) is 0.667. The molecule has 3 rings (SSSR count). The van der Waals surface area contributed by atoms with E-state index in [-0.39, 0.29) is 11.2 Å². The zero-order valence-corrected chi connectivity index (χ0v) is 10.6. The minimum absolute atomic E-state index is 0.162. The highest BCUT2D eigenvalue weighted by molar-refractivity contribution is 7.81. The molecule has 1 amide bonds. The second-order valence-electron chi connectivity index (χ2n) is 4.93. The summed E-state index contributed by atoms with van der Waals surface area (Å²) in [6.07, 6.45) is 7.24. The second kappa shape index (κ2) is 4.37. The Morgan fingerprint density at radius 2 is 2.12 bits per heavy atom. The van der Waals surface area contributed by atoms with Gasteiger partial charge in [0, 0.05) is 24.3 Å². The lowest BCUT2D eigenvalue weighted by Gasteiger charge is -2.21. The van der Waals surface area contributed by atoms with E-state index in [1.54, 1.807) is 6.20 Å². The van der Waals surface area contributed by atoms with Crippen molar-refractivity contribution in [1.82, 2.24) is 9.78 Å². The van der Waals surface area contributed by atoms with Gasteiger partial charge in [0.1, 0.15) is 5.82 Å². The van der Waals surface area contributed by atoms with Crippen molar-refractivity contribution in [1.29, 1.82) is 0 Å². The average molecular weight is 251 g/mol. The van der Waals surface area contributed by atoms with Gasteiger partial charge in [0.2, 0.25) is 5.91 Å². The number of hydrogen-bond acceptors (Lipinski definition) is 3. The highest BCUT2D eigenvalue weighted by Crippen LogP contribution is 2.33. The number of thiol groups is 1. The van der Waals surface area contributed by atoms with Crippen molar-refractivity contribution in [3.63, 3.8) is 0 Å². The molecule has 1 unspecified atom stereocenters. The molecule has 1 aromatic rings. The fourth-order valence-corrected chi connectivity index (χ4v) is 3.18. The largest absolute Gasteiger partial charge is 0.296 e. The van der Waals surface area contributed by atoms with Crippen LogP contribution in [0.15, 0.2) is 12.3 Å². The van der Waals surface area contributed by atoms with Crippen LogP contribution in [0.1, 0.15) is 38.1 Å². The molecule has 4 nitrogen and oxygen atoms in total. The highest BCUT2D eigenvalue weighted by Gasteiger charge is 2.32. The van der Waals surface area contributed by atoms with E-state index < -0.39 is 0 Å². The molecular formula is C12H17N3OS.